The first-order chi connectivity index (χ1) is 7.45. The minimum absolute atomic E-state index is 0.134. The van der Waals surface area contributed by atoms with Crippen LogP contribution in [0.25, 0.3) is 0 Å². The number of hydrogen-bond donors (Lipinski definition) is 2. The predicted octanol–water partition coefficient (Wildman–Crippen LogP) is 1.83. The van der Waals surface area contributed by atoms with Gasteiger partial charge in [0.2, 0.25) is 0 Å². The maximum absolute atomic E-state index is 12.6. The molecular weight excluding hydrogens is 288 g/mol. The van der Waals surface area contributed by atoms with Crippen molar-refractivity contribution in [3.63, 3.8) is 0 Å². The number of nitrogens with one attached hydrogen (secondary N) is 1. The van der Waals surface area contributed by atoms with E-state index in [4.69, 9.17) is 5.11 Å². The number of rotatable bonds is 4. The van der Waals surface area contributed by atoms with Gasteiger partial charge in [-0.05, 0) is 6.07 Å². The lowest BCUT2D eigenvalue weighted by molar-refractivity contribution is -0.136. The third kappa shape index (κ3) is 2.88. The number of hydrogen-bond acceptors (Lipinski definition) is 2. The highest BCUT2D eigenvalue weighted by atomic mass is 79.9. The van der Waals surface area contributed by atoms with E-state index >= 15 is 0 Å². The largest absolute Gasteiger partial charge is 0.481 e. The normalized spacial score (nSPS) is 10.8. The highest BCUT2D eigenvalue weighted by molar-refractivity contribution is 9.08. The van der Waals surface area contributed by atoms with Crippen LogP contribution in [0.2, 0.25) is 0 Å². The summed E-state index contributed by atoms with van der Waals surface area (Å²) in [5.74, 6) is -1.27. The molecule has 0 bridgehead atoms. The fourth-order valence-electron chi connectivity index (χ4n) is 1.22. The molecule has 0 spiro atoms. The summed E-state index contributed by atoms with van der Waals surface area (Å²) in [4.78, 5) is 23.9. The van der Waals surface area contributed by atoms with Crippen molar-refractivity contribution in [1.82, 2.24) is 4.98 Å². The average Bonchev–Trinajstić information content (AvgIpc) is 2.16. The molecule has 0 aliphatic rings. The number of carboxylic acids is 1. The SMILES string of the molecule is O=C(O)Cc1[nH]c(=O)c(CBr)cc1C(F)F. The minimum Gasteiger partial charge on any atom is -0.481 e. The highest BCUT2D eigenvalue weighted by Gasteiger charge is 2.17. The van der Waals surface area contributed by atoms with Crippen molar-refractivity contribution in [3.05, 3.63) is 33.2 Å². The molecule has 0 unspecified atom stereocenters. The number of aliphatic carboxylic acids is 1. The summed E-state index contributed by atoms with van der Waals surface area (Å²) in [7, 11) is 0. The molecule has 0 atom stereocenters. The summed E-state index contributed by atoms with van der Waals surface area (Å²) >= 11 is 2.99. The molecule has 0 amide bonds. The summed E-state index contributed by atoms with van der Waals surface area (Å²) in [5.41, 5.74) is -1.12. The van der Waals surface area contributed by atoms with E-state index in [9.17, 15) is 18.4 Å². The van der Waals surface area contributed by atoms with E-state index in [1.165, 1.54) is 0 Å². The predicted molar refractivity (Wildman–Crippen MR) is 56.0 cm³/mol. The highest BCUT2D eigenvalue weighted by Crippen LogP contribution is 2.22. The molecule has 0 saturated carbocycles. The van der Waals surface area contributed by atoms with Crippen molar-refractivity contribution in [1.29, 1.82) is 0 Å². The average molecular weight is 296 g/mol. The van der Waals surface area contributed by atoms with Crippen molar-refractivity contribution in [3.8, 4) is 0 Å². The Labute approximate surface area is 97.4 Å². The number of carboxylic acid groups (broad SMARTS) is 1. The third-order valence-electron chi connectivity index (χ3n) is 1.94. The molecule has 0 fully saturated rings. The van der Waals surface area contributed by atoms with Crippen molar-refractivity contribution in [2.75, 3.05) is 0 Å². The fourth-order valence-corrected chi connectivity index (χ4v) is 1.64. The Bertz CT molecular complexity index is 459. The Balaban J connectivity index is 3.30. The zero-order chi connectivity index (χ0) is 12.3. The van der Waals surface area contributed by atoms with Crippen molar-refractivity contribution < 1.29 is 18.7 Å². The molecule has 2 N–H and O–H groups in total. The van der Waals surface area contributed by atoms with Gasteiger partial charge < -0.3 is 10.1 Å². The Morgan fingerprint density at radius 3 is 2.62 bits per heavy atom. The van der Waals surface area contributed by atoms with Crippen LogP contribution in [0.4, 0.5) is 8.78 Å². The summed E-state index contributed by atoms with van der Waals surface area (Å²) < 4.78 is 25.2. The van der Waals surface area contributed by atoms with Gasteiger partial charge in [0.1, 0.15) is 0 Å². The van der Waals surface area contributed by atoms with Crippen LogP contribution < -0.4 is 5.56 Å². The van der Waals surface area contributed by atoms with Crippen LogP contribution in [0.1, 0.15) is 23.2 Å². The molecule has 0 aliphatic carbocycles. The second-order valence-corrected chi connectivity index (χ2v) is 3.62. The van der Waals surface area contributed by atoms with E-state index in [1.807, 2.05) is 0 Å². The fraction of sp³-hybridized carbons (Fsp3) is 0.333. The van der Waals surface area contributed by atoms with Gasteiger partial charge in [0.15, 0.2) is 0 Å². The van der Waals surface area contributed by atoms with Gasteiger partial charge in [-0.1, -0.05) is 15.9 Å². The number of halogens is 3. The Morgan fingerprint density at radius 1 is 1.56 bits per heavy atom. The third-order valence-corrected chi connectivity index (χ3v) is 2.55. The van der Waals surface area contributed by atoms with E-state index in [2.05, 4.69) is 20.9 Å². The second-order valence-electron chi connectivity index (χ2n) is 3.06. The molecule has 88 valence electrons. The van der Waals surface area contributed by atoms with Gasteiger partial charge in [0.05, 0.1) is 6.42 Å². The van der Waals surface area contributed by atoms with Crippen LogP contribution in [-0.4, -0.2) is 16.1 Å². The van der Waals surface area contributed by atoms with Gasteiger partial charge in [-0.25, -0.2) is 8.78 Å². The van der Waals surface area contributed by atoms with E-state index in [0.717, 1.165) is 6.07 Å². The summed E-state index contributed by atoms with van der Waals surface area (Å²) in [6.07, 6.45) is -3.44. The van der Waals surface area contributed by atoms with Crippen LogP contribution in [0, 0.1) is 0 Å². The number of carbonyl (C=O) groups is 1. The second kappa shape index (κ2) is 5.20. The number of pyridine rings is 1. The monoisotopic (exact) mass is 295 g/mol. The lowest BCUT2D eigenvalue weighted by atomic mass is 10.1. The molecule has 7 heteroatoms. The van der Waals surface area contributed by atoms with E-state index in [1.54, 1.807) is 0 Å². The van der Waals surface area contributed by atoms with Crippen molar-refractivity contribution >= 4 is 21.9 Å². The topological polar surface area (TPSA) is 70.2 Å². The first-order valence-electron chi connectivity index (χ1n) is 4.26. The first kappa shape index (κ1) is 12.8. The number of alkyl halides is 3. The van der Waals surface area contributed by atoms with Gasteiger partial charge >= 0.3 is 5.97 Å². The molecule has 0 saturated heterocycles. The van der Waals surface area contributed by atoms with E-state index in [0.29, 0.717) is 0 Å². The van der Waals surface area contributed by atoms with Gasteiger partial charge in [-0.3, -0.25) is 9.59 Å². The number of aromatic amines is 1. The standard InChI is InChI=1S/C9H8BrF2NO3/c10-3-4-1-5(8(11)12)6(2-7(14)15)13-9(4)16/h1,8H,2-3H2,(H,13,16)(H,14,15). The molecule has 1 aromatic rings. The lowest BCUT2D eigenvalue weighted by Crippen LogP contribution is -2.18. The van der Waals surface area contributed by atoms with Crippen LogP contribution >= 0.6 is 15.9 Å². The molecule has 16 heavy (non-hydrogen) atoms. The number of aromatic nitrogens is 1. The maximum Gasteiger partial charge on any atom is 0.309 e. The smallest absolute Gasteiger partial charge is 0.309 e. The summed E-state index contributed by atoms with van der Waals surface area (Å²) in [5, 5.41) is 8.65. The van der Waals surface area contributed by atoms with E-state index in [-0.39, 0.29) is 16.6 Å². The first-order valence-corrected chi connectivity index (χ1v) is 5.38. The number of H-pyrrole nitrogens is 1. The Hall–Kier alpha value is -1.24. The van der Waals surface area contributed by atoms with Crippen molar-refractivity contribution in [2.24, 2.45) is 0 Å². The maximum atomic E-state index is 12.6. The summed E-state index contributed by atoms with van der Waals surface area (Å²) in [6, 6.07) is 1.02. The molecule has 1 aromatic heterocycles. The molecule has 1 heterocycles. The van der Waals surface area contributed by atoms with Gasteiger partial charge in [0, 0.05) is 22.2 Å². The Morgan fingerprint density at radius 2 is 2.19 bits per heavy atom. The molecule has 4 nitrogen and oxygen atoms in total. The van der Waals surface area contributed by atoms with Crippen LogP contribution in [0.15, 0.2) is 10.9 Å². The quantitative estimate of drug-likeness (QED) is 0.833. The summed E-state index contributed by atoms with van der Waals surface area (Å²) in [6.45, 7) is 0. The Kier molecular flexibility index (Phi) is 4.17. The molecule has 0 aliphatic heterocycles. The lowest BCUT2D eigenvalue weighted by Gasteiger charge is -2.08. The van der Waals surface area contributed by atoms with Gasteiger partial charge in [0.25, 0.3) is 12.0 Å². The zero-order valence-corrected chi connectivity index (χ0v) is 9.55. The molecule has 1 rings (SSSR count). The molecule has 0 aromatic carbocycles. The molecular formula is C9H8BrF2NO3. The van der Waals surface area contributed by atoms with Gasteiger partial charge in [-0.15, -0.1) is 0 Å². The van der Waals surface area contributed by atoms with Crippen molar-refractivity contribution in [2.45, 2.75) is 18.2 Å². The van der Waals surface area contributed by atoms with Crippen LogP contribution in [-0.2, 0) is 16.5 Å². The van der Waals surface area contributed by atoms with Crippen LogP contribution in [0.5, 0.6) is 0 Å². The zero-order valence-electron chi connectivity index (χ0n) is 7.97. The van der Waals surface area contributed by atoms with E-state index < -0.39 is 29.9 Å². The van der Waals surface area contributed by atoms with Crippen LogP contribution in [0.3, 0.4) is 0 Å². The molecule has 0 radical (unpaired) electrons. The van der Waals surface area contributed by atoms with Gasteiger partial charge in [-0.2, -0.15) is 0 Å². The minimum atomic E-state index is -2.82.